The molecule has 0 aliphatic heterocycles. The van der Waals surface area contributed by atoms with Gasteiger partial charge in [-0.25, -0.2) is 0 Å². The van der Waals surface area contributed by atoms with Crippen molar-refractivity contribution in [3.8, 4) is 16.9 Å². The van der Waals surface area contributed by atoms with Gasteiger partial charge in [0.1, 0.15) is 5.75 Å². The molecule has 0 N–H and O–H groups in total. The van der Waals surface area contributed by atoms with E-state index < -0.39 is 0 Å². The summed E-state index contributed by atoms with van der Waals surface area (Å²) in [5.74, 6) is 0.763. The van der Waals surface area contributed by atoms with Gasteiger partial charge in [-0.2, -0.15) is 0 Å². The minimum absolute atomic E-state index is 0.0311. The lowest BCUT2D eigenvalue weighted by Crippen LogP contribution is -1.96. The number of hydrogen-bond donors (Lipinski definition) is 0. The second kappa shape index (κ2) is 5.45. The van der Waals surface area contributed by atoms with E-state index in [2.05, 4.69) is 0 Å². The molecule has 0 spiro atoms. The summed E-state index contributed by atoms with van der Waals surface area (Å²) in [6.45, 7) is 3.56. The van der Waals surface area contributed by atoms with Gasteiger partial charge in [-0.05, 0) is 55.3 Å². The molecule has 0 saturated heterocycles. The Morgan fingerprint density at radius 1 is 1.11 bits per heavy atom. The Morgan fingerprint density at radius 2 is 1.84 bits per heavy atom. The number of hydrogen-bond acceptors (Lipinski definition) is 2. The third-order valence-corrected chi connectivity index (χ3v) is 3.33. The molecule has 0 unspecified atom stereocenters. The van der Waals surface area contributed by atoms with E-state index in [-0.39, 0.29) is 5.78 Å². The van der Waals surface area contributed by atoms with Crippen LogP contribution in [-0.2, 0) is 0 Å². The van der Waals surface area contributed by atoms with Crippen molar-refractivity contribution in [1.29, 1.82) is 0 Å². The van der Waals surface area contributed by atoms with Crippen LogP contribution >= 0.6 is 11.6 Å². The van der Waals surface area contributed by atoms with Gasteiger partial charge in [0, 0.05) is 16.1 Å². The van der Waals surface area contributed by atoms with Crippen LogP contribution in [0.1, 0.15) is 22.8 Å². The van der Waals surface area contributed by atoms with Gasteiger partial charge in [0.05, 0.1) is 7.11 Å². The van der Waals surface area contributed by atoms with Crippen molar-refractivity contribution in [1.82, 2.24) is 0 Å². The zero-order chi connectivity index (χ0) is 14.0. The molecule has 19 heavy (non-hydrogen) atoms. The quantitative estimate of drug-likeness (QED) is 0.769. The molecule has 2 aromatic rings. The summed E-state index contributed by atoms with van der Waals surface area (Å²) in [6, 6.07) is 11.1. The number of carbonyl (C=O) groups is 1. The van der Waals surface area contributed by atoms with E-state index in [9.17, 15) is 4.79 Å². The predicted molar refractivity (Wildman–Crippen MR) is 78.2 cm³/mol. The Labute approximate surface area is 118 Å². The summed E-state index contributed by atoms with van der Waals surface area (Å²) in [6.07, 6.45) is 0. The van der Waals surface area contributed by atoms with Gasteiger partial charge < -0.3 is 4.74 Å². The first-order chi connectivity index (χ1) is 9.02. The minimum atomic E-state index is 0.0311. The van der Waals surface area contributed by atoms with Crippen LogP contribution in [0.2, 0.25) is 5.02 Å². The van der Waals surface area contributed by atoms with Crippen LogP contribution < -0.4 is 4.74 Å². The largest absolute Gasteiger partial charge is 0.496 e. The molecule has 0 bridgehead atoms. The van der Waals surface area contributed by atoms with Crippen molar-refractivity contribution in [2.24, 2.45) is 0 Å². The van der Waals surface area contributed by atoms with Crippen molar-refractivity contribution in [3.05, 3.63) is 52.5 Å². The number of Topliss-reactive ketones (excluding diaryl/α,β-unsaturated/α-hetero) is 1. The van der Waals surface area contributed by atoms with Crippen LogP contribution in [0.5, 0.6) is 5.75 Å². The van der Waals surface area contributed by atoms with Crippen LogP contribution in [0.25, 0.3) is 11.1 Å². The Morgan fingerprint density at radius 3 is 2.47 bits per heavy atom. The van der Waals surface area contributed by atoms with Crippen molar-refractivity contribution in [2.45, 2.75) is 13.8 Å². The summed E-state index contributed by atoms with van der Waals surface area (Å²) >= 11 is 6.06. The molecule has 0 aliphatic carbocycles. The van der Waals surface area contributed by atoms with Gasteiger partial charge in [-0.1, -0.05) is 17.7 Å². The Hall–Kier alpha value is -1.80. The topological polar surface area (TPSA) is 26.3 Å². The average Bonchev–Trinajstić information content (AvgIpc) is 2.40. The summed E-state index contributed by atoms with van der Waals surface area (Å²) in [7, 11) is 1.62. The fourth-order valence-corrected chi connectivity index (χ4v) is 2.19. The molecular formula is C16H15ClO2. The molecule has 2 rings (SSSR count). The second-order valence-corrected chi connectivity index (χ2v) is 4.87. The molecule has 0 atom stereocenters. The van der Waals surface area contributed by atoms with Crippen molar-refractivity contribution >= 4 is 17.4 Å². The molecule has 0 radical (unpaired) electrons. The van der Waals surface area contributed by atoms with Crippen LogP contribution in [0.4, 0.5) is 0 Å². The van der Waals surface area contributed by atoms with Crippen molar-refractivity contribution in [2.75, 3.05) is 7.11 Å². The van der Waals surface area contributed by atoms with Gasteiger partial charge in [0.15, 0.2) is 5.78 Å². The number of ether oxygens (including phenoxy) is 1. The molecule has 0 fully saturated rings. The molecule has 0 heterocycles. The molecule has 0 aromatic heterocycles. The lowest BCUT2D eigenvalue weighted by molar-refractivity contribution is 0.101. The Bertz CT molecular complexity index is 633. The van der Waals surface area contributed by atoms with Crippen LogP contribution in [0, 0.1) is 6.92 Å². The zero-order valence-corrected chi connectivity index (χ0v) is 11.9. The summed E-state index contributed by atoms with van der Waals surface area (Å²) in [5.41, 5.74) is 3.61. The number of rotatable bonds is 3. The summed E-state index contributed by atoms with van der Waals surface area (Å²) < 4.78 is 5.37. The van der Waals surface area contributed by atoms with Gasteiger partial charge >= 0.3 is 0 Å². The molecule has 0 saturated carbocycles. The van der Waals surface area contributed by atoms with Crippen molar-refractivity contribution in [3.63, 3.8) is 0 Å². The van der Waals surface area contributed by atoms with E-state index in [0.29, 0.717) is 10.6 Å². The highest BCUT2D eigenvalue weighted by molar-refractivity contribution is 6.30. The van der Waals surface area contributed by atoms with E-state index in [1.54, 1.807) is 20.1 Å². The number of carbonyl (C=O) groups excluding carboxylic acids is 1. The number of ketones is 1. The number of halogens is 1. The van der Waals surface area contributed by atoms with E-state index in [1.807, 2.05) is 37.3 Å². The van der Waals surface area contributed by atoms with Crippen LogP contribution in [0.15, 0.2) is 36.4 Å². The van der Waals surface area contributed by atoms with Crippen LogP contribution in [-0.4, -0.2) is 12.9 Å². The normalized spacial score (nSPS) is 10.3. The maximum absolute atomic E-state index is 11.5. The minimum Gasteiger partial charge on any atom is -0.496 e. The fraction of sp³-hybridized carbons (Fsp3) is 0.188. The fourth-order valence-electron chi connectivity index (χ4n) is 2.02. The van der Waals surface area contributed by atoms with E-state index in [4.69, 9.17) is 16.3 Å². The third-order valence-electron chi connectivity index (χ3n) is 3.10. The Balaban J connectivity index is 2.68. The Kier molecular flexibility index (Phi) is 3.91. The maximum Gasteiger partial charge on any atom is 0.159 e. The van der Waals surface area contributed by atoms with E-state index >= 15 is 0 Å². The monoisotopic (exact) mass is 274 g/mol. The molecule has 98 valence electrons. The first kappa shape index (κ1) is 13.6. The highest BCUT2D eigenvalue weighted by Gasteiger charge is 2.11. The smallest absolute Gasteiger partial charge is 0.159 e. The summed E-state index contributed by atoms with van der Waals surface area (Å²) in [5, 5.41) is 0.663. The highest BCUT2D eigenvalue weighted by atomic mass is 35.5. The first-order valence-corrected chi connectivity index (χ1v) is 6.36. The molecule has 0 aliphatic rings. The second-order valence-electron chi connectivity index (χ2n) is 4.43. The maximum atomic E-state index is 11.5. The average molecular weight is 275 g/mol. The molecule has 2 aromatic carbocycles. The summed E-state index contributed by atoms with van der Waals surface area (Å²) in [4.78, 5) is 11.5. The number of aryl methyl sites for hydroxylation is 1. The van der Waals surface area contributed by atoms with Crippen molar-refractivity contribution < 1.29 is 9.53 Å². The standard InChI is InChI=1S/C16H15ClO2/c1-10-4-6-13(17)9-14(10)15-8-12(11(2)18)5-7-16(15)19-3/h4-9H,1-3H3. The molecule has 2 nitrogen and oxygen atoms in total. The molecule has 0 amide bonds. The highest BCUT2D eigenvalue weighted by Crippen LogP contribution is 2.34. The van der Waals surface area contributed by atoms with Gasteiger partial charge in [-0.3, -0.25) is 4.79 Å². The SMILES string of the molecule is COc1ccc(C(C)=O)cc1-c1cc(Cl)ccc1C. The third kappa shape index (κ3) is 2.79. The predicted octanol–water partition coefficient (Wildman–Crippen LogP) is 4.53. The number of benzene rings is 2. The van der Waals surface area contributed by atoms with Crippen LogP contribution in [0.3, 0.4) is 0 Å². The van der Waals surface area contributed by atoms with E-state index in [0.717, 1.165) is 22.4 Å². The molecule has 3 heteroatoms. The van der Waals surface area contributed by atoms with Gasteiger partial charge in [0.25, 0.3) is 0 Å². The zero-order valence-electron chi connectivity index (χ0n) is 11.2. The number of methoxy groups -OCH3 is 1. The van der Waals surface area contributed by atoms with E-state index in [1.165, 1.54) is 0 Å². The lowest BCUT2D eigenvalue weighted by Gasteiger charge is -2.12. The first-order valence-electron chi connectivity index (χ1n) is 5.98. The molecular weight excluding hydrogens is 260 g/mol. The lowest BCUT2D eigenvalue weighted by atomic mass is 9.97. The van der Waals surface area contributed by atoms with Gasteiger partial charge in [0.2, 0.25) is 0 Å². The van der Waals surface area contributed by atoms with Gasteiger partial charge in [-0.15, -0.1) is 0 Å².